The molecule has 1 heterocycles. The highest BCUT2D eigenvalue weighted by Gasteiger charge is 2.19. The van der Waals surface area contributed by atoms with Crippen LogP contribution in [0, 0.1) is 0 Å². The van der Waals surface area contributed by atoms with Crippen LogP contribution in [-0.4, -0.2) is 41.9 Å². The number of thiol groups is 1. The number of carbonyl (C=O) groups is 1. The fourth-order valence-electron chi connectivity index (χ4n) is 2.14. The maximum Gasteiger partial charge on any atom is 0.247 e. The van der Waals surface area contributed by atoms with E-state index in [1.165, 1.54) is 17.0 Å². The predicted octanol–water partition coefficient (Wildman–Crippen LogP) is 1.77. The molecule has 1 aromatic rings. The molecule has 0 N–H and O–H groups in total. The van der Waals surface area contributed by atoms with Crippen molar-refractivity contribution in [2.45, 2.75) is 6.54 Å². The molecule has 2 rings (SSSR count). The minimum atomic E-state index is 0.0596. The average Bonchev–Trinajstić information content (AvgIpc) is 2.41. The smallest absolute Gasteiger partial charge is 0.247 e. The zero-order valence-corrected chi connectivity index (χ0v) is 11.2. The van der Waals surface area contributed by atoms with Gasteiger partial charge in [0.1, 0.15) is 0 Å². The van der Waals surface area contributed by atoms with E-state index in [1.807, 2.05) is 11.0 Å². The molecule has 1 aliphatic rings. The maximum atomic E-state index is 11.6. The lowest BCUT2D eigenvalue weighted by Crippen LogP contribution is -2.47. The lowest BCUT2D eigenvalue weighted by atomic mass is 10.2. The molecule has 0 radical (unpaired) electrons. The summed E-state index contributed by atoms with van der Waals surface area (Å²) in [5.41, 5.74) is 1.33. The summed E-state index contributed by atoms with van der Waals surface area (Å²) in [4.78, 5) is 15.9. The summed E-state index contributed by atoms with van der Waals surface area (Å²) in [6.07, 6.45) is 1.51. The molecular formula is C14H18N2OS. The van der Waals surface area contributed by atoms with E-state index < -0.39 is 0 Å². The molecule has 0 aliphatic carbocycles. The third-order valence-corrected chi connectivity index (χ3v) is 3.30. The largest absolute Gasteiger partial charge is 0.337 e. The molecule has 1 amide bonds. The Morgan fingerprint density at radius 2 is 1.83 bits per heavy atom. The third kappa shape index (κ3) is 3.62. The summed E-state index contributed by atoms with van der Waals surface area (Å²) in [5.74, 6) is 0.0596. The highest BCUT2D eigenvalue weighted by molar-refractivity contribution is 7.83. The summed E-state index contributed by atoms with van der Waals surface area (Å²) >= 11 is 3.92. The zero-order chi connectivity index (χ0) is 12.8. The zero-order valence-electron chi connectivity index (χ0n) is 10.3. The van der Waals surface area contributed by atoms with Crippen molar-refractivity contribution in [2.75, 3.05) is 26.2 Å². The van der Waals surface area contributed by atoms with Gasteiger partial charge < -0.3 is 4.90 Å². The Kier molecular flexibility index (Phi) is 4.84. The highest BCUT2D eigenvalue weighted by Crippen LogP contribution is 2.08. The molecule has 0 bridgehead atoms. The molecule has 0 spiro atoms. The van der Waals surface area contributed by atoms with Crippen molar-refractivity contribution < 1.29 is 4.79 Å². The number of piperazine rings is 1. The van der Waals surface area contributed by atoms with Crippen molar-refractivity contribution in [1.82, 2.24) is 9.80 Å². The van der Waals surface area contributed by atoms with Gasteiger partial charge >= 0.3 is 0 Å². The van der Waals surface area contributed by atoms with E-state index in [2.05, 4.69) is 41.8 Å². The van der Waals surface area contributed by atoms with Crippen LogP contribution in [-0.2, 0) is 11.3 Å². The van der Waals surface area contributed by atoms with Gasteiger partial charge in [0, 0.05) is 38.8 Å². The van der Waals surface area contributed by atoms with E-state index in [1.54, 1.807) is 0 Å². The standard InChI is InChI=1S/C14H18N2OS/c17-14(6-11-18)16-9-7-15(8-10-16)12-13-4-2-1-3-5-13/h1-6,11,18H,7-10,12H2/b11-6-. The number of rotatable bonds is 3. The van der Waals surface area contributed by atoms with E-state index in [9.17, 15) is 4.79 Å². The van der Waals surface area contributed by atoms with Crippen molar-refractivity contribution in [3.05, 3.63) is 47.4 Å². The van der Waals surface area contributed by atoms with Crippen molar-refractivity contribution in [3.63, 3.8) is 0 Å². The number of carbonyl (C=O) groups excluding carboxylic acids is 1. The summed E-state index contributed by atoms with van der Waals surface area (Å²) in [6.45, 7) is 4.42. The topological polar surface area (TPSA) is 23.6 Å². The molecule has 1 fully saturated rings. The fourth-order valence-corrected chi connectivity index (χ4v) is 2.26. The average molecular weight is 262 g/mol. The quantitative estimate of drug-likeness (QED) is 0.663. The van der Waals surface area contributed by atoms with Crippen LogP contribution >= 0.6 is 12.6 Å². The number of amides is 1. The molecule has 18 heavy (non-hydrogen) atoms. The van der Waals surface area contributed by atoms with Crippen molar-refractivity contribution in [3.8, 4) is 0 Å². The minimum Gasteiger partial charge on any atom is -0.337 e. The second-order valence-corrected chi connectivity index (χ2v) is 4.70. The summed E-state index contributed by atoms with van der Waals surface area (Å²) in [7, 11) is 0. The van der Waals surface area contributed by atoms with Crippen LogP contribution in [0.4, 0.5) is 0 Å². The van der Waals surface area contributed by atoms with Gasteiger partial charge in [-0.25, -0.2) is 0 Å². The van der Waals surface area contributed by atoms with Gasteiger partial charge in [0.15, 0.2) is 0 Å². The van der Waals surface area contributed by atoms with Crippen molar-refractivity contribution >= 4 is 18.5 Å². The second-order valence-electron chi connectivity index (χ2n) is 4.40. The Hall–Kier alpha value is -1.26. The Morgan fingerprint density at radius 3 is 2.44 bits per heavy atom. The Bertz CT molecular complexity index is 411. The number of nitrogens with zero attached hydrogens (tertiary/aromatic N) is 2. The lowest BCUT2D eigenvalue weighted by Gasteiger charge is -2.34. The minimum absolute atomic E-state index is 0.0596. The maximum absolute atomic E-state index is 11.6. The third-order valence-electron chi connectivity index (χ3n) is 3.15. The van der Waals surface area contributed by atoms with Crippen LogP contribution in [0.1, 0.15) is 5.56 Å². The molecule has 0 unspecified atom stereocenters. The van der Waals surface area contributed by atoms with Crippen LogP contribution in [0.15, 0.2) is 41.8 Å². The first-order chi connectivity index (χ1) is 8.79. The summed E-state index contributed by atoms with van der Waals surface area (Å²) in [6, 6.07) is 10.4. The fraction of sp³-hybridized carbons (Fsp3) is 0.357. The number of hydrogen-bond donors (Lipinski definition) is 1. The first kappa shape index (κ1) is 13.2. The molecule has 1 aliphatic heterocycles. The van der Waals surface area contributed by atoms with Crippen molar-refractivity contribution in [2.24, 2.45) is 0 Å². The molecule has 1 aromatic carbocycles. The van der Waals surface area contributed by atoms with Crippen LogP contribution in [0.2, 0.25) is 0 Å². The Balaban J connectivity index is 1.82. The van der Waals surface area contributed by atoms with Gasteiger partial charge in [-0.05, 0) is 11.0 Å². The predicted molar refractivity (Wildman–Crippen MR) is 76.4 cm³/mol. The SMILES string of the molecule is O=C(/C=C\S)N1CCN(Cc2ccccc2)CC1. The second kappa shape index (κ2) is 6.61. The number of benzene rings is 1. The molecule has 0 atom stereocenters. The lowest BCUT2D eigenvalue weighted by molar-refractivity contribution is -0.127. The molecule has 1 saturated heterocycles. The summed E-state index contributed by atoms with van der Waals surface area (Å²) in [5, 5.41) is 1.50. The van der Waals surface area contributed by atoms with Crippen LogP contribution in [0.3, 0.4) is 0 Å². The molecule has 0 aromatic heterocycles. The van der Waals surface area contributed by atoms with Gasteiger partial charge in [-0.2, -0.15) is 12.6 Å². The van der Waals surface area contributed by atoms with E-state index in [0.29, 0.717) is 0 Å². The molecular weight excluding hydrogens is 244 g/mol. The van der Waals surface area contributed by atoms with E-state index in [-0.39, 0.29) is 5.91 Å². The van der Waals surface area contributed by atoms with Gasteiger partial charge in [-0.3, -0.25) is 9.69 Å². The van der Waals surface area contributed by atoms with Gasteiger partial charge in [-0.1, -0.05) is 30.3 Å². The Labute approximate surface area is 113 Å². The van der Waals surface area contributed by atoms with Gasteiger partial charge in [0.2, 0.25) is 5.91 Å². The van der Waals surface area contributed by atoms with Gasteiger partial charge in [0.25, 0.3) is 0 Å². The molecule has 0 saturated carbocycles. The summed E-state index contributed by atoms with van der Waals surface area (Å²) < 4.78 is 0. The first-order valence-electron chi connectivity index (χ1n) is 6.15. The highest BCUT2D eigenvalue weighted by atomic mass is 32.1. The monoisotopic (exact) mass is 262 g/mol. The molecule has 3 nitrogen and oxygen atoms in total. The van der Waals surface area contributed by atoms with Crippen LogP contribution < -0.4 is 0 Å². The first-order valence-corrected chi connectivity index (χ1v) is 6.67. The van der Waals surface area contributed by atoms with Gasteiger partial charge in [0.05, 0.1) is 0 Å². The van der Waals surface area contributed by atoms with Crippen molar-refractivity contribution in [1.29, 1.82) is 0 Å². The molecule has 4 heteroatoms. The van der Waals surface area contributed by atoms with E-state index in [0.717, 1.165) is 32.7 Å². The number of hydrogen-bond acceptors (Lipinski definition) is 3. The van der Waals surface area contributed by atoms with E-state index >= 15 is 0 Å². The normalized spacial score (nSPS) is 17.3. The van der Waals surface area contributed by atoms with Crippen LogP contribution in [0.5, 0.6) is 0 Å². The molecule has 96 valence electrons. The Morgan fingerprint density at radius 1 is 1.17 bits per heavy atom. The van der Waals surface area contributed by atoms with Gasteiger partial charge in [-0.15, -0.1) is 0 Å². The van der Waals surface area contributed by atoms with E-state index in [4.69, 9.17) is 0 Å². The van der Waals surface area contributed by atoms with Crippen LogP contribution in [0.25, 0.3) is 0 Å².